The third-order valence-corrected chi connectivity index (χ3v) is 3.57. The van der Waals surface area contributed by atoms with Crippen molar-refractivity contribution in [2.45, 2.75) is 72.3 Å². The number of carbonyl (C=O) groups is 1. The molecule has 18 heavy (non-hydrogen) atoms. The van der Waals surface area contributed by atoms with Crippen molar-refractivity contribution in [2.75, 3.05) is 13.1 Å². The zero-order chi connectivity index (χ0) is 14.2. The second-order valence-electron chi connectivity index (χ2n) is 6.18. The fourth-order valence-corrected chi connectivity index (χ4v) is 2.16. The maximum absolute atomic E-state index is 10.7. The van der Waals surface area contributed by atoms with Gasteiger partial charge < -0.3 is 5.11 Å². The van der Waals surface area contributed by atoms with Crippen molar-refractivity contribution in [1.29, 1.82) is 0 Å². The molecule has 0 aromatic heterocycles. The molecular formula is C15H31NO2. The van der Waals surface area contributed by atoms with Crippen LogP contribution in [0.2, 0.25) is 0 Å². The van der Waals surface area contributed by atoms with Gasteiger partial charge in [0.15, 0.2) is 0 Å². The number of hydrogen-bond donors (Lipinski definition) is 1. The predicted molar refractivity (Wildman–Crippen MR) is 76.9 cm³/mol. The predicted octanol–water partition coefficient (Wildman–Crippen LogP) is 3.78. The van der Waals surface area contributed by atoms with Gasteiger partial charge in [0.1, 0.15) is 0 Å². The summed E-state index contributed by atoms with van der Waals surface area (Å²) >= 11 is 0. The Hall–Kier alpha value is -0.570. The molecule has 0 aromatic rings. The minimum absolute atomic E-state index is 0.0507. The maximum Gasteiger partial charge on any atom is 0.304 e. The van der Waals surface area contributed by atoms with E-state index in [9.17, 15) is 4.79 Å². The van der Waals surface area contributed by atoms with Gasteiger partial charge >= 0.3 is 5.97 Å². The fourth-order valence-electron chi connectivity index (χ4n) is 2.16. The molecule has 108 valence electrons. The molecule has 0 bridgehead atoms. The molecule has 1 N–H and O–H groups in total. The van der Waals surface area contributed by atoms with E-state index in [4.69, 9.17) is 5.11 Å². The molecule has 0 aliphatic carbocycles. The fraction of sp³-hybridized carbons (Fsp3) is 0.933. The molecular weight excluding hydrogens is 226 g/mol. The molecule has 0 aromatic carbocycles. The van der Waals surface area contributed by atoms with Gasteiger partial charge in [-0.1, -0.05) is 33.1 Å². The van der Waals surface area contributed by atoms with E-state index < -0.39 is 5.97 Å². The number of carboxylic acids is 1. The largest absolute Gasteiger partial charge is 0.481 e. The Kier molecular flexibility index (Phi) is 8.25. The second kappa shape index (κ2) is 8.52. The summed E-state index contributed by atoms with van der Waals surface area (Å²) in [5.41, 5.74) is 0.0507. The van der Waals surface area contributed by atoms with Crippen LogP contribution in [0.1, 0.15) is 66.7 Å². The molecule has 0 heterocycles. The Morgan fingerprint density at radius 1 is 1.28 bits per heavy atom. The van der Waals surface area contributed by atoms with E-state index in [1.807, 2.05) is 0 Å². The van der Waals surface area contributed by atoms with Crippen molar-refractivity contribution < 1.29 is 9.90 Å². The topological polar surface area (TPSA) is 40.5 Å². The van der Waals surface area contributed by atoms with Crippen LogP contribution >= 0.6 is 0 Å². The van der Waals surface area contributed by atoms with E-state index in [-0.39, 0.29) is 12.0 Å². The Bertz CT molecular complexity index is 233. The lowest BCUT2D eigenvalue weighted by atomic mass is 9.95. The molecule has 1 atom stereocenters. The Balaban J connectivity index is 4.41. The third kappa shape index (κ3) is 7.70. The standard InChI is InChI=1S/C15H31NO2/c1-6-8-9-13(7-2)12-16(15(3,4)5)11-10-14(17)18/h13H,6-12H2,1-5H3,(H,17,18). The molecule has 0 aliphatic heterocycles. The molecule has 0 saturated heterocycles. The first-order valence-electron chi connectivity index (χ1n) is 7.28. The molecule has 0 saturated carbocycles. The summed E-state index contributed by atoms with van der Waals surface area (Å²) in [5.74, 6) is -0.0103. The summed E-state index contributed by atoms with van der Waals surface area (Å²) in [5, 5.41) is 8.83. The van der Waals surface area contributed by atoms with Crippen molar-refractivity contribution in [3.8, 4) is 0 Å². The second-order valence-corrected chi connectivity index (χ2v) is 6.18. The molecule has 3 nitrogen and oxygen atoms in total. The van der Waals surface area contributed by atoms with Gasteiger partial charge in [-0.25, -0.2) is 0 Å². The molecule has 0 spiro atoms. The van der Waals surface area contributed by atoms with Crippen LogP contribution in [0, 0.1) is 5.92 Å². The highest BCUT2D eigenvalue weighted by molar-refractivity contribution is 5.66. The monoisotopic (exact) mass is 257 g/mol. The van der Waals surface area contributed by atoms with Gasteiger partial charge in [-0.3, -0.25) is 9.69 Å². The van der Waals surface area contributed by atoms with Crippen LogP contribution in [0.4, 0.5) is 0 Å². The van der Waals surface area contributed by atoms with Crippen molar-refractivity contribution in [1.82, 2.24) is 4.90 Å². The van der Waals surface area contributed by atoms with E-state index in [1.165, 1.54) is 25.7 Å². The van der Waals surface area contributed by atoms with Crippen LogP contribution in [0.3, 0.4) is 0 Å². The quantitative estimate of drug-likeness (QED) is 0.683. The van der Waals surface area contributed by atoms with Crippen LogP contribution in [0.25, 0.3) is 0 Å². The summed E-state index contributed by atoms with van der Waals surface area (Å²) in [6, 6.07) is 0. The molecule has 0 rings (SSSR count). The summed E-state index contributed by atoms with van der Waals surface area (Å²) in [6.07, 6.45) is 5.18. The molecule has 0 aliphatic rings. The van der Waals surface area contributed by atoms with Gasteiger partial charge in [0.2, 0.25) is 0 Å². The van der Waals surface area contributed by atoms with Crippen LogP contribution in [0.15, 0.2) is 0 Å². The molecule has 0 amide bonds. The molecule has 1 unspecified atom stereocenters. The van der Waals surface area contributed by atoms with Gasteiger partial charge in [-0.05, 0) is 33.1 Å². The first-order valence-corrected chi connectivity index (χ1v) is 7.28. The van der Waals surface area contributed by atoms with Crippen LogP contribution in [0.5, 0.6) is 0 Å². The highest BCUT2D eigenvalue weighted by Gasteiger charge is 2.24. The highest BCUT2D eigenvalue weighted by atomic mass is 16.4. The van der Waals surface area contributed by atoms with E-state index in [1.54, 1.807) is 0 Å². The minimum atomic E-state index is -0.703. The summed E-state index contributed by atoms with van der Waals surface area (Å²) in [7, 11) is 0. The smallest absolute Gasteiger partial charge is 0.304 e. The van der Waals surface area contributed by atoms with E-state index >= 15 is 0 Å². The number of nitrogens with zero attached hydrogens (tertiary/aromatic N) is 1. The number of aliphatic carboxylic acids is 1. The first-order chi connectivity index (χ1) is 8.31. The van der Waals surface area contributed by atoms with E-state index in [0.29, 0.717) is 12.5 Å². The van der Waals surface area contributed by atoms with Gasteiger partial charge in [-0.2, -0.15) is 0 Å². The minimum Gasteiger partial charge on any atom is -0.481 e. The molecule has 0 radical (unpaired) electrons. The normalized spacial score (nSPS) is 13.9. The van der Waals surface area contributed by atoms with Crippen LogP contribution in [-0.4, -0.2) is 34.6 Å². The lowest BCUT2D eigenvalue weighted by Gasteiger charge is -2.37. The van der Waals surface area contributed by atoms with Gasteiger partial charge in [0.25, 0.3) is 0 Å². The van der Waals surface area contributed by atoms with Crippen molar-refractivity contribution in [3.05, 3.63) is 0 Å². The Labute approximate surface area is 113 Å². The highest BCUT2D eigenvalue weighted by Crippen LogP contribution is 2.20. The van der Waals surface area contributed by atoms with Crippen LogP contribution in [-0.2, 0) is 4.79 Å². The third-order valence-electron chi connectivity index (χ3n) is 3.57. The average molecular weight is 257 g/mol. The first kappa shape index (κ1) is 17.4. The van der Waals surface area contributed by atoms with Crippen molar-refractivity contribution in [2.24, 2.45) is 5.92 Å². The average Bonchev–Trinajstić information content (AvgIpc) is 2.26. The number of rotatable bonds is 9. The summed E-state index contributed by atoms with van der Waals surface area (Å²) in [4.78, 5) is 13.1. The van der Waals surface area contributed by atoms with Crippen molar-refractivity contribution in [3.63, 3.8) is 0 Å². The zero-order valence-electron chi connectivity index (χ0n) is 12.8. The van der Waals surface area contributed by atoms with E-state index in [2.05, 4.69) is 39.5 Å². The van der Waals surface area contributed by atoms with Crippen molar-refractivity contribution >= 4 is 5.97 Å². The lowest BCUT2D eigenvalue weighted by Crippen LogP contribution is -2.45. The molecule has 3 heteroatoms. The van der Waals surface area contributed by atoms with E-state index in [0.717, 1.165) is 6.54 Å². The SMILES string of the molecule is CCCCC(CC)CN(CCC(=O)O)C(C)(C)C. The van der Waals surface area contributed by atoms with Gasteiger partial charge in [0.05, 0.1) is 6.42 Å². The summed E-state index contributed by atoms with van der Waals surface area (Å²) in [6.45, 7) is 12.6. The van der Waals surface area contributed by atoms with Crippen LogP contribution < -0.4 is 0 Å². The number of hydrogen-bond acceptors (Lipinski definition) is 2. The zero-order valence-corrected chi connectivity index (χ0v) is 12.8. The molecule has 0 fully saturated rings. The Morgan fingerprint density at radius 2 is 1.89 bits per heavy atom. The Morgan fingerprint density at radius 3 is 2.28 bits per heavy atom. The number of carboxylic acid groups (broad SMARTS) is 1. The number of unbranched alkanes of at least 4 members (excludes halogenated alkanes) is 1. The lowest BCUT2D eigenvalue weighted by molar-refractivity contribution is -0.137. The summed E-state index contributed by atoms with van der Waals surface area (Å²) < 4.78 is 0. The van der Waals surface area contributed by atoms with Gasteiger partial charge in [-0.15, -0.1) is 0 Å². The maximum atomic E-state index is 10.7. The van der Waals surface area contributed by atoms with Gasteiger partial charge in [0, 0.05) is 18.6 Å².